The van der Waals surface area contributed by atoms with Crippen LogP contribution in [0, 0.1) is 13.8 Å². The first kappa shape index (κ1) is 21.4. The van der Waals surface area contributed by atoms with Crippen molar-refractivity contribution in [3.8, 4) is 16.8 Å². The molecule has 1 atom stereocenters. The van der Waals surface area contributed by atoms with Crippen molar-refractivity contribution >= 4 is 5.91 Å². The summed E-state index contributed by atoms with van der Waals surface area (Å²) >= 11 is 0. The maximum Gasteiger partial charge on any atom is 0.251 e. The monoisotopic (exact) mass is 429 g/mol. The molecule has 1 amide bonds. The minimum Gasteiger partial charge on any atom is -0.345 e. The summed E-state index contributed by atoms with van der Waals surface area (Å²) in [6.07, 6.45) is 2.48. The van der Waals surface area contributed by atoms with Crippen LogP contribution >= 0.6 is 0 Å². The molecule has 0 spiro atoms. The Morgan fingerprint density at radius 3 is 2.50 bits per heavy atom. The molecule has 0 aliphatic carbocycles. The Morgan fingerprint density at radius 2 is 1.84 bits per heavy atom. The van der Waals surface area contributed by atoms with Gasteiger partial charge in [0.05, 0.1) is 17.9 Å². The lowest BCUT2D eigenvalue weighted by atomic mass is 10.00. The fourth-order valence-corrected chi connectivity index (χ4v) is 3.70. The second-order valence-corrected chi connectivity index (χ2v) is 8.00. The van der Waals surface area contributed by atoms with Crippen LogP contribution in [-0.4, -0.2) is 35.9 Å². The maximum absolute atomic E-state index is 13.3. The third-order valence-corrected chi connectivity index (χ3v) is 5.75. The molecule has 4 aromatic rings. The van der Waals surface area contributed by atoms with Gasteiger partial charge in [-0.2, -0.15) is 9.78 Å². The van der Waals surface area contributed by atoms with Gasteiger partial charge in [-0.05, 0) is 60.5 Å². The number of aromatic nitrogens is 6. The zero-order valence-electron chi connectivity index (χ0n) is 19.0. The second kappa shape index (κ2) is 8.74. The van der Waals surface area contributed by atoms with E-state index in [4.69, 9.17) is 0 Å². The van der Waals surface area contributed by atoms with Crippen LogP contribution in [0.4, 0.5) is 0 Å². The normalized spacial score (nSPS) is 12.0. The summed E-state index contributed by atoms with van der Waals surface area (Å²) in [4.78, 5) is 13.3. The topological polar surface area (TPSA) is 90.5 Å². The largest absolute Gasteiger partial charge is 0.345 e. The van der Waals surface area contributed by atoms with Gasteiger partial charge < -0.3 is 5.32 Å². The van der Waals surface area contributed by atoms with E-state index in [0.717, 1.165) is 33.9 Å². The fourth-order valence-electron chi connectivity index (χ4n) is 3.70. The summed E-state index contributed by atoms with van der Waals surface area (Å²) in [7, 11) is 1.89. The average molecular weight is 430 g/mol. The van der Waals surface area contributed by atoms with Crippen LogP contribution in [0.5, 0.6) is 0 Å². The molecule has 0 saturated heterocycles. The lowest BCUT2D eigenvalue weighted by molar-refractivity contribution is 0.0940. The van der Waals surface area contributed by atoms with Gasteiger partial charge in [0.2, 0.25) is 0 Å². The predicted molar refractivity (Wildman–Crippen MR) is 123 cm³/mol. The zero-order valence-corrected chi connectivity index (χ0v) is 19.0. The number of benzene rings is 2. The number of hydrogen-bond acceptors (Lipinski definition) is 5. The van der Waals surface area contributed by atoms with Gasteiger partial charge in [0.25, 0.3) is 5.91 Å². The molecule has 2 aromatic carbocycles. The summed E-state index contributed by atoms with van der Waals surface area (Å²) in [5.41, 5.74) is 6.43. The van der Waals surface area contributed by atoms with Crippen LogP contribution in [0.15, 0.2) is 48.7 Å². The molecule has 0 radical (unpaired) electrons. The van der Waals surface area contributed by atoms with Crippen molar-refractivity contribution in [1.29, 1.82) is 0 Å². The van der Waals surface area contributed by atoms with E-state index in [2.05, 4.69) is 57.1 Å². The molecule has 8 nitrogen and oxygen atoms in total. The minimum atomic E-state index is -0.179. The molecule has 8 heteroatoms. The van der Waals surface area contributed by atoms with Crippen LogP contribution in [0.25, 0.3) is 16.8 Å². The number of carbonyl (C=O) groups excluding carboxylic acids is 1. The standard InChI is InChI=1S/C24H27N7O/c1-6-23-27-28-29-31(23)21-12-19(18-9-7-15(2)8-10-18)11-20(13-21)24(32)26-16(3)22-14-25-30(5)17(22)4/h7-14,16H,6H2,1-5H3,(H,26,32). The SMILES string of the molecule is CCc1nnnn1-c1cc(C(=O)NC(C)c2cnn(C)c2C)cc(-c2ccc(C)cc2)c1. The summed E-state index contributed by atoms with van der Waals surface area (Å²) in [6, 6.07) is 13.8. The highest BCUT2D eigenvalue weighted by molar-refractivity contribution is 5.96. The average Bonchev–Trinajstić information content (AvgIpc) is 3.40. The molecule has 0 aliphatic rings. The van der Waals surface area contributed by atoms with Gasteiger partial charge in [-0.25, -0.2) is 0 Å². The van der Waals surface area contributed by atoms with Crippen molar-refractivity contribution in [2.45, 2.75) is 40.2 Å². The molecule has 0 aliphatic heterocycles. The lowest BCUT2D eigenvalue weighted by Crippen LogP contribution is -2.27. The third kappa shape index (κ3) is 4.16. The van der Waals surface area contributed by atoms with Crippen molar-refractivity contribution in [1.82, 2.24) is 35.3 Å². The summed E-state index contributed by atoms with van der Waals surface area (Å²) in [5, 5.41) is 19.4. The number of nitrogens with zero attached hydrogens (tertiary/aromatic N) is 6. The van der Waals surface area contributed by atoms with Crippen LogP contribution in [0.3, 0.4) is 0 Å². The zero-order chi connectivity index (χ0) is 22.8. The quantitative estimate of drug-likeness (QED) is 0.504. The predicted octanol–water partition coefficient (Wildman–Crippen LogP) is 3.73. The Morgan fingerprint density at radius 1 is 1.09 bits per heavy atom. The number of amides is 1. The van der Waals surface area contributed by atoms with Crippen molar-refractivity contribution in [3.63, 3.8) is 0 Å². The van der Waals surface area contributed by atoms with E-state index in [-0.39, 0.29) is 11.9 Å². The lowest BCUT2D eigenvalue weighted by Gasteiger charge is -2.16. The fraction of sp³-hybridized carbons (Fsp3) is 0.292. The highest BCUT2D eigenvalue weighted by Crippen LogP contribution is 2.26. The summed E-state index contributed by atoms with van der Waals surface area (Å²) in [6.45, 7) is 8.00. The molecule has 32 heavy (non-hydrogen) atoms. The Hall–Kier alpha value is -3.81. The van der Waals surface area contributed by atoms with Gasteiger partial charge in [0, 0.05) is 30.3 Å². The highest BCUT2D eigenvalue weighted by Gasteiger charge is 2.18. The van der Waals surface area contributed by atoms with E-state index in [1.807, 2.05) is 46.0 Å². The molecular weight excluding hydrogens is 402 g/mol. The number of carbonyl (C=O) groups is 1. The molecule has 0 fully saturated rings. The van der Waals surface area contributed by atoms with Crippen molar-refractivity contribution < 1.29 is 4.79 Å². The van der Waals surface area contributed by atoms with Crippen molar-refractivity contribution in [3.05, 3.63) is 76.9 Å². The molecule has 0 bridgehead atoms. The third-order valence-electron chi connectivity index (χ3n) is 5.75. The van der Waals surface area contributed by atoms with E-state index in [9.17, 15) is 4.79 Å². The van der Waals surface area contributed by atoms with Crippen LogP contribution in [0.1, 0.15) is 52.9 Å². The maximum atomic E-state index is 13.3. The van der Waals surface area contributed by atoms with E-state index in [1.165, 1.54) is 5.56 Å². The molecule has 1 N–H and O–H groups in total. The number of rotatable bonds is 6. The summed E-state index contributed by atoms with van der Waals surface area (Å²) < 4.78 is 3.49. The van der Waals surface area contributed by atoms with Crippen molar-refractivity contribution in [2.24, 2.45) is 7.05 Å². The Labute approximate surface area is 187 Å². The van der Waals surface area contributed by atoms with Crippen molar-refractivity contribution in [2.75, 3.05) is 0 Å². The van der Waals surface area contributed by atoms with E-state index in [1.54, 1.807) is 15.6 Å². The molecular formula is C24H27N7O. The molecule has 4 rings (SSSR count). The molecule has 164 valence electrons. The van der Waals surface area contributed by atoms with E-state index >= 15 is 0 Å². The molecule has 0 saturated carbocycles. The first-order valence-electron chi connectivity index (χ1n) is 10.7. The first-order valence-corrected chi connectivity index (χ1v) is 10.7. The Balaban J connectivity index is 1.74. The molecule has 2 aromatic heterocycles. The van der Waals surface area contributed by atoms with Gasteiger partial charge >= 0.3 is 0 Å². The molecule has 2 heterocycles. The highest BCUT2D eigenvalue weighted by atomic mass is 16.1. The Kier molecular flexibility index (Phi) is 5.85. The Bertz CT molecular complexity index is 1250. The number of aryl methyl sites for hydroxylation is 3. The van der Waals surface area contributed by atoms with Gasteiger partial charge in [-0.1, -0.05) is 36.8 Å². The number of nitrogens with one attached hydrogen (secondary N) is 1. The van der Waals surface area contributed by atoms with Crippen LogP contribution in [-0.2, 0) is 13.5 Å². The first-order chi connectivity index (χ1) is 15.4. The molecule has 1 unspecified atom stereocenters. The minimum absolute atomic E-state index is 0.165. The van der Waals surface area contributed by atoms with Gasteiger partial charge in [-0.15, -0.1) is 5.10 Å². The number of tetrazole rings is 1. The van der Waals surface area contributed by atoms with E-state index < -0.39 is 0 Å². The van der Waals surface area contributed by atoms with Gasteiger partial charge in [-0.3, -0.25) is 9.48 Å². The van der Waals surface area contributed by atoms with E-state index in [0.29, 0.717) is 12.0 Å². The number of hydrogen-bond donors (Lipinski definition) is 1. The van der Waals surface area contributed by atoms with Gasteiger partial charge in [0.15, 0.2) is 5.82 Å². The van der Waals surface area contributed by atoms with Gasteiger partial charge in [0.1, 0.15) is 0 Å². The summed E-state index contributed by atoms with van der Waals surface area (Å²) in [5.74, 6) is 0.568. The van der Waals surface area contributed by atoms with Crippen LogP contribution in [0.2, 0.25) is 0 Å². The second-order valence-electron chi connectivity index (χ2n) is 8.00. The van der Waals surface area contributed by atoms with Crippen LogP contribution < -0.4 is 5.32 Å². The smallest absolute Gasteiger partial charge is 0.251 e.